The summed E-state index contributed by atoms with van der Waals surface area (Å²) in [6.07, 6.45) is 1.95. The molecule has 18 heavy (non-hydrogen) atoms. The van der Waals surface area contributed by atoms with E-state index in [-0.39, 0.29) is 12.3 Å². The minimum absolute atomic E-state index is 0.200. The summed E-state index contributed by atoms with van der Waals surface area (Å²) >= 11 is 0. The van der Waals surface area contributed by atoms with Gasteiger partial charge in [0.25, 0.3) is 0 Å². The van der Waals surface area contributed by atoms with Gasteiger partial charge in [0, 0.05) is 30.4 Å². The Bertz CT molecular complexity index is 589. The molecule has 1 atom stereocenters. The van der Waals surface area contributed by atoms with Crippen LogP contribution in [-0.4, -0.2) is 22.9 Å². The van der Waals surface area contributed by atoms with Crippen molar-refractivity contribution in [2.75, 3.05) is 0 Å². The number of H-pyrrole nitrogens is 1. The number of aromatic amines is 1. The smallest absolute Gasteiger partial charge is 0.217 e. The number of fused-ring (bicyclic) bond motifs is 1. The molecule has 0 bridgehead atoms. The number of rotatable bonds is 4. The first-order valence-corrected chi connectivity index (χ1v) is 5.61. The summed E-state index contributed by atoms with van der Waals surface area (Å²) in [4.78, 5) is 25.0. The fraction of sp³-hybridized carbons (Fsp3) is 0.231. The predicted molar refractivity (Wildman–Crippen MR) is 64.6 cm³/mol. The maximum atomic E-state index is 11.0. The van der Waals surface area contributed by atoms with Crippen molar-refractivity contribution in [1.82, 2.24) is 10.3 Å². The van der Waals surface area contributed by atoms with Gasteiger partial charge in [-0.05, 0) is 11.6 Å². The van der Waals surface area contributed by atoms with Crippen molar-refractivity contribution in [3.63, 3.8) is 0 Å². The lowest BCUT2D eigenvalue weighted by Crippen LogP contribution is -2.48. The molecule has 0 aliphatic carbocycles. The molecule has 94 valence electrons. The molecular weight excluding hydrogens is 232 g/mol. The summed E-state index contributed by atoms with van der Waals surface area (Å²) < 4.78 is 0. The van der Waals surface area contributed by atoms with Gasteiger partial charge in [0.1, 0.15) is 0 Å². The molecule has 0 saturated carbocycles. The van der Waals surface area contributed by atoms with E-state index in [1.165, 1.54) is 6.92 Å². The largest absolute Gasteiger partial charge is 0.548 e. The molecule has 2 N–H and O–H groups in total. The summed E-state index contributed by atoms with van der Waals surface area (Å²) in [5.41, 5.74) is 1.78. The Balaban J connectivity index is 2.26. The summed E-state index contributed by atoms with van der Waals surface area (Å²) in [6.45, 7) is 1.28. The summed E-state index contributed by atoms with van der Waals surface area (Å²) in [5, 5.41) is 14.3. The van der Waals surface area contributed by atoms with E-state index in [0.717, 1.165) is 16.5 Å². The minimum atomic E-state index is -1.28. The van der Waals surface area contributed by atoms with Crippen molar-refractivity contribution in [3.05, 3.63) is 36.0 Å². The highest BCUT2D eigenvalue weighted by Gasteiger charge is 2.14. The molecule has 5 nitrogen and oxygen atoms in total. The van der Waals surface area contributed by atoms with Crippen LogP contribution in [0.5, 0.6) is 0 Å². The van der Waals surface area contributed by atoms with Gasteiger partial charge in [0.15, 0.2) is 0 Å². The van der Waals surface area contributed by atoms with E-state index >= 15 is 0 Å². The maximum Gasteiger partial charge on any atom is 0.217 e. The van der Waals surface area contributed by atoms with Crippen LogP contribution in [0.15, 0.2) is 30.5 Å². The van der Waals surface area contributed by atoms with Gasteiger partial charge in [-0.15, -0.1) is 0 Å². The van der Waals surface area contributed by atoms with Gasteiger partial charge in [0.05, 0.1) is 12.0 Å². The van der Waals surface area contributed by atoms with E-state index < -0.39 is 12.0 Å². The molecule has 5 heteroatoms. The van der Waals surface area contributed by atoms with Gasteiger partial charge in [-0.1, -0.05) is 18.2 Å². The van der Waals surface area contributed by atoms with Gasteiger partial charge in [0.2, 0.25) is 5.91 Å². The van der Waals surface area contributed by atoms with Crippen LogP contribution >= 0.6 is 0 Å². The average molecular weight is 245 g/mol. The standard InChI is InChI=1S/C13H14N2O3/c1-8(16)15-12(13(17)18)6-9-7-14-11-5-3-2-4-10(9)11/h2-5,7,12,14H,6H2,1H3,(H,15,16)(H,17,18)/p-1. The lowest BCUT2D eigenvalue weighted by molar-refractivity contribution is -0.308. The Labute approximate surface area is 104 Å². The highest BCUT2D eigenvalue weighted by molar-refractivity contribution is 5.85. The van der Waals surface area contributed by atoms with E-state index in [2.05, 4.69) is 10.3 Å². The van der Waals surface area contributed by atoms with Crippen LogP contribution in [0, 0.1) is 0 Å². The molecule has 0 fully saturated rings. The van der Waals surface area contributed by atoms with Crippen LogP contribution in [0.25, 0.3) is 10.9 Å². The Morgan fingerprint density at radius 1 is 1.39 bits per heavy atom. The topological polar surface area (TPSA) is 85.0 Å². The van der Waals surface area contributed by atoms with Crippen molar-refractivity contribution < 1.29 is 14.7 Å². The number of para-hydroxylation sites is 1. The van der Waals surface area contributed by atoms with Crippen LogP contribution < -0.4 is 10.4 Å². The molecule has 0 spiro atoms. The number of amides is 1. The zero-order chi connectivity index (χ0) is 13.1. The quantitative estimate of drug-likeness (QED) is 0.793. The lowest BCUT2D eigenvalue weighted by Gasteiger charge is -2.18. The monoisotopic (exact) mass is 245 g/mol. The van der Waals surface area contributed by atoms with Gasteiger partial charge in [-0.2, -0.15) is 0 Å². The van der Waals surface area contributed by atoms with Crippen molar-refractivity contribution in [2.45, 2.75) is 19.4 Å². The summed E-state index contributed by atoms with van der Waals surface area (Å²) in [7, 11) is 0. The second kappa shape index (κ2) is 4.91. The van der Waals surface area contributed by atoms with E-state index in [1.54, 1.807) is 6.20 Å². The maximum absolute atomic E-state index is 11.0. The number of aliphatic carboxylic acids is 1. The molecule has 1 unspecified atom stereocenters. The summed E-state index contributed by atoms with van der Waals surface area (Å²) in [6, 6.07) is 6.58. The fourth-order valence-corrected chi connectivity index (χ4v) is 1.96. The number of nitrogens with one attached hydrogen (secondary N) is 2. The van der Waals surface area contributed by atoms with Gasteiger partial charge < -0.3 is 20.2 Å². The van der Waals surface area contributed by atoms with Crippen molar-refractivity contribution in [3.8, 4) is 0 Å². The van der Waals surface area contributed by atoms with Crippen molar-refractivity contribution >= 4 is 22.8 Å². The predicted octanol–water partition coefficient (Wildman–Crippen LogP) is -0.0350. The molecule has 0 saturated heterocycles. The normalized spacial score (nSPS) is 12.3. The first kappa shape index (κ1) is 12.2. The number of aromatic nitrogens is 1. The van der Waals surface area contributed by atoms with E-state index in [9.17, 15) is 14.7 Å². The van der Waals surface area contributed by atoms with E-state index in [4.69, 9.17) is 0 Å². The Hall–Kier alpha value is -2.30. The van der Waals surface area contributed by atoms with Gasteiger partial charge in [-0.3, -0.25) is 4.79 Å². The Morgan fingerprint density at radius 3 is 2.78 bits per heavy atom. The number of carbonyl (C=O) groups is 2. The third-order valence-electron chi connectivity index (χ3n) is 2.76. The highest BCUT2D eigenvalue weighted by Crippen LogP contribution is 2.18. The first-order chi connectivity index (χ1) is 8.58. The number of hydrogen-bond acceptors (Lipinski definition) is 3. The van der Waals surface area contributed by atoms with Crippen LogP contribution in [-0.2, 0) is 16.0 Å². The zero-order valence-electron chi connectivity index (χ0n) is 9.90. The molecule has 2 rings (SSSR count). The number of carboxylic acids is 1. The average Bonchev–Trinajstić information content (AvgIpc) is 2.71. The van der Waals surface area contributed by atoms with Gasteiger partial charge in [-0.25, -0.2) is 0 Å². The molecular formula is C13H13N2O3-. The second-order valence-electron chi connectivity index (χ2n) is 4.14. The SMILES string of the molecule is CC(=O)NC(Cc1c[nH]c2ccccc12)C(=O)[O-]. The third-order valence-corrected chi connectivity index (χ3v) is 2.76. The molecule has 1 amide bonds. The summed E-state index contributed by atoms with van der Waals surface area (Å²) in [5.74, 6) is -1.67. The van der Waals surface area contributed by atoms with Crippen LogP contribution in [0.4, 0.5) is 0 Å². The number of carboxylic acid groups (broad SMARTS) is 1. The van der Waals surface area contributed by atoms with Crippen molar-refractivity contribution in [2.24, 2.45) is 0 Å². The second-order valence-corrected chi connectivity index (χ2v) is 4.14. The molecule has 1 aromatic carbocycles. The number of benzene rings is 1. The molecule has 0 radical (unpaired) electrons. The first-order valence-electron chi connectivity index (χ1n) is 5.61. The van der Waals surface area contributed by atoms with E-state index in [1.807, 2.05) is 24.3 Å². The fourth-order valence-electron chi connectivity index (χ4n) is 1.96. The zero-order valence-corrected chi connectivity index (χ0v) is 9.90. The highest BCUT2D eigenvalue weighted by atomic mass is 16.4. The number of carbonyl (C=O) groups excluding carboxylic acids is 2. The number of hydrogen-bond donors (Lipinski definition) is 2. The van der Waals surface area contributed by atoms with Crippen molar-refractivity contribution in [1.29, 1.82) is 0 Å². The third kappa shape index (κ3) is 2.51. The Kier molecular flexibility index (Phi) is 3.32. The molecule has 1 heterocycles. The molecule has 0 aliphatic rings. The molecule has 2 aromatic rings. The van der Waals surface area contributed by atoms with Crippen LogP contribution in [0.3, 0.4) is 0 Å². The van der Waals surface area contributed by atoms with E-state index in [0.29, 0.717) is 0 Å². The van der Waals surface area contributed by atoms with Crippen LogP contribution in [0.1, 0.15) is 12.5 Å². The minimum Gasteiger partial charge on any atom is -0.548 e. The van der Waals surface area contributed by atoms with Crippen LogP contribution in [0.2, 0.25) is 0 Å². The lowest BCUT2D eigenvalue weighted by atomic mass is 10.1. The molecule has 1 aromatic heterocycles. The van der Waals surface area contributed by atoms with Gasteiger partial charge >= 0.3 is 0 Å². The Morgan fingerprint density at radius 2 is 2.11 bits per heavy atom. The molecule has 0 aliphatic heterocycles.